The third-order valence-electron chi connectivity index (χ3n) is 4.95. The second kappa shape index (κ2) is 8.17. The molecule has 0 aliphatic heterocycles. The number of fused-ring (bicyclic) bond motifs is 1. The fourth-order valence-electron chi connectivity index (χ4n) is 3.34. The minimum absolute atomic E-state index is 0.328. The first-order valence-corrected chi connectivity index (χ1v) is 9.63. The van der Waals surface area contributed by atoms with E-state index in [4.69, 9.17) is 10.00 Å². The molecule has 154 valence electrons. The number of hydrogen-bond donors (Lipinski definition) is 0. The Bertz CT molecular complexity index is 1310. The van der Waals surface area contributed by atoms with Gasteiger partial charge in [0.05, 0.1) is 29.8 Å². The van der Waals surface area contributed by atoms with E-state index in [2.05, 4.69) is 27.4 Å². The molecule has 9 heteroatoms. The van der Waals surface area contributed by atoms with Crippen LogP contribution in [-0.2, 0) is 13.6 Å². The Labute approximate surface area is 179 Å². The van der Waals surface area contributed by atoms with Crippen LogP contribution in [0.4, 0.5) is 0 Å². The van der Waals surface area contributed by atoms with Crippen LogP contribution in [0.2, 0.25) is 0 Å². The molecule has 0 aliphatic carbocycles. The molecule has 0 saturated carbocycles. The first-order chi connectivity index (χ1) is 15.0. The van der Waals surface area contributed by atoms with Crippen molar-refractivity contribution in [2.24, 2.45) is 7.05 Å². The van der Waals surface area contributed by atoms with E-state index < -0.39 is 0 Å². The van der Waals surface area contributed by atoms with E-state index in [9.17, 15) is 5.26 Å². The molecular weight excluding hydrogens is 392 g/mol. The number of aryl methyl sites for hydroxylation is 1. The van der Waals surface area contributed by atoms with E-state index in [0.29, 0.717) is 23.4 Å². The maximum absolute atomic E-state index is 9.52. The summed E-state index contributed by atoms with van der Waals surface area (Å²) >= 11 is 0. The van der Waals surface area contributed by atoms with Gasteiger partial charge in [0.2, 0.25) is 0 Å². The number of ether oxygens (including phenoxy) is 1. The lowest BCUT2D eigenvalue weighted by Crippen LogP contribution is -2.13. The number of nitrogens with zero attached hydrogens (tertiary/aromatic N) is 8. The molecule has 0 fully saturated rings. The predicted octanol–water partition coefficient (Wildman–Crippen LogP) is 3.05. The lowest BCUT2D eigenvalue weighted by molar-refractivity contribution is 0.224. The van der Waals surface area contributed by atoms with Crippen LogP contribution in [0.1, 0.15) is 30.0 Å². The summed E-state index contributed by atoms with van der Waals surface area (Å²) < 4.78 is 9.61. The molecule has 0 aromatic carbocycles. The molecule has 1 unspecified atom stereocenters. The Morgan fingerprint density at radius 1 is 1.26 bits per heavy atom. The number of rotatable bonds is 6. The average Bonchev–Trinajstić information content (AvgIpc) is 3.37. The third kappa shape index (κ3) is 3.89. The Morgan fingerprint density at radius 2 is 2.10 bits per heavy atom. The van der Waals surface area contributed by atoms with Crippen molar-refractivity contribution in [2.75, 3.05) is 7.05 Å². The Hall–Kier alpha value is -4.37. The minimum Gasteiger partial charge on any atom is -0.482 e. The fourth-order valence-corrected chi connectivity index (χ4v) is 3.34. The molecule has 9 nitrogen and oxygen atoms in total. The van der Waals surface area contributed by atoms with Crippen molar-refractivity contribution < 1.29 is 4.74 Å². The molecule has 0 amide bonds. The highest BCUT2D eigenvalue weighted by Crippen LogP contribution is 2.32. The molecule has 31 heavy (non-hydrogen) atoms. The zero-order chi connectivity index (χ0) is 22.0. The maximum atomic E-state index is 9.52. The molecule has 0 radical (unpaired) electrons. The topological polar surface area (TPSA) is 108 Å². The Morgan fingerprint density at radius 3 is 2.81 bits per heavy atom. The van der Waals surface area contributed by atoms with E-state index in [0.717, 1.165) is 22.6 Å². The van der Waals surface area contributed by atoms with Gasteiger partial charge in [0.25, 0.3) is 0 Å². The highest BCUT2D eigenvalue weighted by Gasteiger charge is 2.18. The molecule has 0 saturated heterocycles. The van der Waals surface area contributed by atoms with Gasteiger partial charge in [-0.15, -0.1) is 0 Å². The first-order valence-electron chi connectivity index (χ1n) is 9.63. The second-order valence-electron chi connectivity index (χ2n) is 7.17. The summed E-state index contributed by atoms with van der Waals surface area (Å²) in [5, 5.41) is 27.5. The third-order valence-corrected chi connectivity index (χ3v) is 4.95. The molecule has 0 aliphatic rings. The molecule has 4 aromatic heterocycles. The van der Waals surface area contributed by atoms with Gasteiger partial charge >= 0.3 is 0 Å². The normalized spacial score (nSPS) is 11.6. The fraction of sp³-hybridized carbons (Fsp3) is 0.227. The van der Waals surface area contributed by atoms with Crippen LogP contribution < -0.4 is 4.74 Å². The highest BCUT2D eigenvalue weighted by atomic mass is 16.5. The lowest BCUT2D eigenvalue weighted by atomic mass is 10.1. The summed E-state index contributed by atoms with van der Waals surface area (Å²) in [5.74, 6) is 0.519. The summed E-state index contributed by atoms with van der Waals surface area (Å²) in [6, 6.07) is 11.6. The molecule has 4 heterocycles. The van der Waals surface area contributed by atoms with Crippen molar-refractivity contribution in [3.8, 4) is 29.3 Å². The van der Waals surface area contributed by atoms with Crippen molar-refractivity contribution in [3.05, 3.63) is 65.9 Å². The van der Waals surface area contributed by atoms with Crippen LogP contribution in [0.25, 0.3) is 16.8 Å². The van der Waals surface area contributed by atoms with E-state index in [1.165, 1.54) is 11.1 Å². The van der Waals surface area contributed by atoms with E-state index in [1.54, 1.807) is 22.4 Å². The minimum atomic E-state index is -0.328. The monoisotopic (exact) mass is 412 g/mol. The van der Waals surface area contributed by atoms with Gasteiger partial charge in [-0.3, -0.25) is 9.67 Å². The number of nitriles is 2. The van der Waals surface area contributed by atoms with Crippen LogP contribution in [0, 0.1) is 22.8 Å². The van der Waals surface area contributed by atoms with Crippen LogP contribution in [0.3, 0.4) is 0 Å². The van der Waals surface area contributed by atoms with Gasteiger partial charge in [-0.25, -0.2) is 4.52 Å². The quantitative estimate of drug-likeness (QED) is 0.354. The first kappa shape index (κ1) is 19.9. The maximum Gasteiger partial charge on any atom is 0.179 e. The zero-order valence-electron chi connectivity index (χ0n) is 17.4. The standard InChI is InChI=1S/C22H20N8O/c1-15(19-6-4-5-7-25-19)31-21-8-16(12-30-22(21)17(10-23)11-26-30)20-9-18(29(3)27-20)13-28(2)14-24/h4-9,11-12,15H,13H2,1-3H3. The van der Waals surface area contributed by atoms with Crippen LogP contribution in [0.5, 0.6) is 5.75 Å². The van der Waals surface area contributed by atoms with E-state index in [1.807, 2.05) is 50.5 Å². The number of hydrogen-bond acceptors (Lipinski definition) is 7. The Balaban J connectivity index is 1.78. The van der Waals surface area contributed by atoms with Crippen molar-refractivity contribution in [3.63, 3.8) is 0 Å². The summed E-state index contributed by atoms with van der Waals surface area (Å²) in [4.78, 5) is 5.88. The van der Waals surface area contributed by atoms with Gasteiger partial charge < -0.3 is 9.64 Å². The van der Waals surface area contributed by atoms with Gasteiger partial charge in [-0.05, 0) is 31.2 Å². The predicted molar refractivity (Wildman–Crippen MR) is 112 cm³/mol. The van der Waals surface area contributed by atoms with Crippen molar-refractivity contribution >= 4 is 5.52 Å². The van der Waals surface area contributed by atoms with E-state index in [-0.39, 0.29) is 6.10 Å². The SMILES string of the molecule is CC(Oc1cc(-c2cc(CN(C)C#N)n(C)n2)cn2ncc(C#N)c12)c1ccccn1. The molecule has 4 aromatic rings. The summed E-state index contributed by atoms with van der Waals surface area (Å²) in [6.45, 7) is 2.35. The van der Waals surface area contributed by atoms with E-state index >= 15 is 0 Å². The summed E-state index contributed by atoms with van der Waals surface area (Å²) in [5.41, 5.74) is 4.19. The Kier molecular flexibility index (Phi) is 5.25. The van der Waals surface area contributed by atoms with Gasteiger partial charge in [0.1, 0.15) is 29.0 Å². The zero-order valence-corrected chi connectivity index (χ0v) is 17.4. The molecule has 0 N–H and O–H groups in total. The smallest absolute Gasteiger partial charge is 0.179 e. The number of pyridine rings is 2. The van der Waals surface area contributed by atoms with Crippen molar-refractivity contribution in [2.45, 2.75) is 19.6 Å². The van der Waals surface area contributed by atoms with Crippen molar-refractivity contribution in [1.29, 1.82) is 10.5 Å². The van der Waals surface area contributed by atoms with Crippen molar-refractivity contribution in [1.82, 2.24) is 29.3 Å². The molecule has 0 spiro atoms. The van der Waals surface area contributed by atoms with Gasteiger partial charge in [0.15, 0.2) is 6.19 Å². The molecule has 1 atom stereocenters. The van der Waals surface area contributed by atoms with Gasteiger partial charge in [-0.2, -0.15) is 20.7 Å². The van der Waals surface area contributed by atoms with Gasteiger partial charge in [-0.1, -0.05) is 6.07 Å². The van der Waals surface area contributed by atoms with Crippen LogP contribution in [0.15, 0.2) is 48.9 Å². The summed E-state index contributed by atoms with van der Waals surface area (Å²) in [6.07, 6.45) is 6.81. The van der Waals surface area contributed by atoms with Crippen LogP contribution >= 0.6 is 0 Å². The molecule has 0 bridgehead atoms. The number of aromatic nitrogens is 5. The molecular formula is C22H20N8O. The summed E-state index contributed by atoms with van der Waals surface area (Å²) in [7, 11) is 3.56. The molecule has 4 rings (SSSR count). The second-order valence-corrected chi connectivity index (χ2v) is 7.17. The highest BCUT2D eigenvalue weighted by molar-refractivity contribution is 5.74. The van der Waals surface area contributed by atoms with Crippen LogP contribution in [-0.4, -0.2) is 36.3 Å². The van der Waals surface area contributed by atoms with Gasteiger partial charge in [0, 0.05) is 32.1 Å². The lowest BCUT2D eigenvalue weighted by Gasteiger charge is -2.16. The largest absolute Gasteiger partial charge is 0.482 e. The average molecular weight is 412 g/mol.